The molecule has 4 nitrogen and oxygen atoms in total. The molecule has 1 aromatic heterocycles. The molecule has 74 valence electrons. The van der Waals surface area contributed by atoms with Crippen molar-refractivity contribution >= 4 is 16.9 Å². The molecule has 4 heteroatoms. The molecule has 1 heterocycles. The van der Waals surface area contributed by atoms with Crippen LogP contribution in [0.3, 0.4) is 0 Å². The lowest BCUT2D eigenvalue weighted by Gasteiger charge is -1.91. The zero-order valence-electron chi connectivity index (χ0n) is 7.82. The van der Waals surface area contributed by atoms with Gasteiger partial charge in [0, 0.05) is 10.9 Å². The lowest BCUT2D eigenvalue weighted by molar-refractivity contribution is -0.135. The molecule has 1 aromatic carbocycles. The molecule has 0 unspecified atom stereocenters. The molecule has 0 bridgehead atoms. The Morgan fingerprint density at radius 1 is 1.53 bits per heavy atom. The van der Waals surface area contributed by atoms with Crippen molar-refractivity contribution in [3.8, 4) is 11.8 Å². The smallest absolute Gasteiger partial charge is 0.315 e. The second kappa shape index (κ2) is 3.84. The topological polar surface area (TPSA) is 66.0 Å². The van der Waals surface area contributed by atoms with Crippen LogP contribution in [0.5, 0.6) is 0 Å². The highest BCUT2D eigenvalue weighted by molar-refractivity contribution is 5.84. The largest absolute Gasteiger partial charge is 0.481 e. The summed E-state index contributed by atoms with van der Waals surface area (Å²) in [6.45, 7) is 0. The van der Waals surface area contributed by atoms with Gasteiger partial charge in [0.25, 0.3) is 0 Å². The van der Waals surface area contributed by atoms with Crippen molar-refractivity contribution in [1.82, 2.24) is 10.2 Å². The zero-order chi connectivity index (χ0) is 10.7. The van der Waals surface area contributed by atoms with E-state index in [1.807, 2.05) is 18.2 Å². The van der Waals surface area contributed by atoms with E-state index in [0.717, 1.165) is 16.5 Å². The number of aromatic nitrogens is 2. The van der Waals surface area contributed by atoms with E-state index in [9.17, 15) is 4.79 Å². The average molecular weight is 200 g/mol. The average Bonchev–Trinajstić information content (AvgIpc) is 2.65. The van der Waals surface area contributed by atoms with Gasteiger partial charge in [-0.1, -0.05) is 17.9 Å². The van der Waals surface area contributed by atoms with Crippen LogP contribution in [-0.4, -0.2) is 21.3 Å². The lowest BCUT2D eigenvalue weighted by atomic mass is 10.1. The van der Waals surface area contributed by atoms with Crippen LogP contribution in [0.4, 0.5) is 0 Å². The van der Waals surface area contributed by atoms with Crippen molar-refractivity contribution in [3.63, 3.8) is 0 Å². The van der Waals surface area contributed by atoms with Gasteiger partial charge in [-0.25, -0.2) is 0 Å². The van der Waals surface area contributed by atoms with Gasteiger partial charge in [-0.2, -0.15) is 5.10 Å². The second-order valence-corrected chi connectivity index (χ2v) is 3.01. The number of hydrogen-bond acceptors (Lipinski definition) is 2. The lowest BCUT2D eigenvalue weighted by Crippen LogP contribution is -1.90. The highest BCUT2D eigenvalue weighted by Crippen LogP contribution is 2.14. The minimum Gasteiger partial charge on any atom is -0.481 e. The van der Waals surface area contributed by atoms with Gasteiger partial charge < -0.3 is 5.11 Å². The number of benzene rings is 1. The molecule has 0 aliphatic carbocycles. The van der Waals surface area contributed by atoms with Crippen molar-refractivity contribution in [3.05, 3.63) is 30.0 Å². The molecule has 2 aromatic rings. The normalized spacial score (nSPS) is 9.60. The number of rotatable bonds is 1. The fourth-order valence-electron chi connectivity index (χ4n) is 1.29. The number of aromatic amines is 1. The number of hydrogen-bond donors (Lipinski definition) is 2. The number of fused-ring (bicyclic) bond motifs is 1. The van der Waals surface area contributed by atoms with Crippen LogP contribution in [0.1, 0.15) is 12.0 Å². The quantitative estimate of drug-likeness (QED) is 0.683. The Balaban J connectivity index is 2.37. The Morgan fingerprint density at radius 2 is 2.40 bits per heavy atom. The Morgan fingerprint density at radius 3 is 3.20 bits per heavy atom. The Bertz CT molecular complexity index is 560. The number of carbonyl (C=O) groups is 1. The fourth-order valence-corrected chi connectivity index (χ4v) is 1.29. The SMILES string of the molecule is O=C(O)CC#Cc1cccc2[nH]ncc12. The first-order valence-corrected chi connectivity index (χ1v) is 4.40. The number of carboxylic acid groups (broad SMARTS) is 1. The van der Waals surface area contributed by atoms with Crippen LogP contribution in [-0.2, 0) is 4.79 Å². The summed E-state index contributed by atoms with van der Waals surface area (Å²) in [5.74, 6) is 4.49. The van der Waals surface area contributed by atoms with Crippen molar-refractivity contribution in [1.29, 1.82) is 0 Å². The molecule has 0 aliphatic rings. The zero-order valence-corrected chi connectivity index (χ0v) is 7.82. The number of H-pyrrole nitrogens is 1. The van der Waals surface area contributed by atoms with E-state index in [1.54, 1.807) is 6.20 Å². The maximum Gasteiger partial charge on any atom is 0.315 e. The van der Waals surface area contributed by atoms with E-state index in [4.69, 9.17) is 5.11 Å². The van der Waals surface area contributed by atoms with Crippen LogP contribution in [0.25, 0.3) is 10.9 Å². The number of aliphatic carboxylic acids is 1. The summed E-state index contributed by atoms with van der Waals surface area (Å²) in [6, 6.07) is 5.59. The summed E-state index contributed by atoms with van der Waals surface area (Å²) in [5, 5.41) is 16.1. The summed E-state index contributed by atoms with van der Waals surface area (Å²) in [6.07, 6.45) is 1.54. The molecule has 0 saturated carbocycles. The first-order valence-electron chi connectivity index (χ1n) is 4.40. The number of nitrogens with one attached hydrogen (secondary N) is 1. The second-order valence-electron chi connectivity index (χ2n) is 3.01. The van der Waals surface area contributed by atoms with Gasteiger partial charge in [0.2, 0.25) is 0 Å². The summed E-state index contributed by atoms with van der Waals surface area (Å²) in [7, 11) is 0. The van der Waals surface area contributed by atoms with Gasteiger partial charge in [-0.05, 0) is 12.1 Å². The van der Waals surface area contributed by atoms with E-state index in [0.29, 0.717) is 0 Å². The van der Waals surface area contributed by atoms with Crippen LogP contribution in [0.15, 0.2) is 24.4 Å². The maximum atomic E-state index is 10.3. The van der Waals surface area contributed by atoms with E-state index in [1.165, 1.54) is 0 Å². The first kappa shape index (κ1) is 9.28. The van der Waals surface area contributed by atoms with E-state index < -0.39 is 5.97 Å². The van der Waals surface area contributed by atoms with Gasteiger partial charge in [0.05, 0.1) is 11.7 Å². The molecule has 0 fully saturated rings. The molecular weight excluding hydrogens is 192 g/mol. The summed E-state index contributed by atoms with van der Waals surface area (Å²) >= 11 is 0. The van der Waals surface area contributed by atoms with E-state index >= 15 is 0 Å². The molecule has 2 N–H and O–H groups in total. The van der Waals surface area contributed by atoms with Crippen LogP contribution in [0.2, 0.25) is 0 Å². The number of nitrogens with zero attached hydrogens (tertiary/aromatic N) is 1. The summed E-state index contributed by atoms with van der Waals surface area (Å²) < 4.78 is 0. The molecule has 0 spiro atoms. The van der Waals surface area contributed by atoms with E-state index in [2.05, 4.69) is 22.0 Å². The van der Waals surface area contributed by atoms with Crippen molar-refractivity contribution in [2.24, 2.45) is 0 Å². The van der Waals surface area contributed by atoms with Gasteiger partial charge >= 0.3 is 5.97 Å². The van der Waals surface area contributed by atoms with E-state index in [-0.39, 0.29) is 6.42 Å². The Labute approximate surface area is 85.9 Å². The predicted octanol–water partition coefficient (Wildman–Crippen LogP) is 1.39. The highest BCUT2D eigenvalue weighted by atomic mass is 16.4. The molecule has 0 atom stereocenters. The molecule has 0 saturated heterocycles. The third kappa shape index (κ3) is 1.97. The maximum absolute atomic E-state index is 10.3. The molecule has 15 heavy (non-hydrogen) atoms. The minimum atomic E-state index is -0.915. The molecular formula is C11H8N2O2. The van der Waals surface area contributed by atoms with Crippen LogP contribution < -0.4 is 0 Å². The van der Waals surface area contributed by atoms with Crippen molar-refractivity contribution in [2.45, 2.75) is 6.42 Å². The fraction of sp³-hybridized carbons (Fsp3) is 0.0909. The van der Waals surface area contributed by atoms with Crippen LogP contribution >= 0.6 is 0 Å². The van der Waals surface area contributed by atoms with Crippen molar-refractivity contribution < 1.29 is 9.90 Å². The third-order valence-electron chi connectivity index (χ3n) is 1.95. The van der Waals surface area contributed by atoms with Gasteiger partial charge in [0.15, 0.2) is 0 Å². The summed E-state index contributed by atoms with van der Waals surface area (Å²) in [5.41, 5.74) is 1.69. The third-order valence-corrected chi connectivity index (χ3v) is 1.95. The summed E-state index contributed by atoms with van der Waals surface area (Å²) in [4.78, 5) is 10.3. The minimum absolute atomic E-state index is 0.145. The molecule has 0 amide bonds. The monoisotopic (exact) mass is 200 g/mol. The first-order chi connectivity index (χ1) is 7.27. The molecule has 0 aliphatic heterocycles. The van der Waals surface area contributed by atoms with Gasteiger partial charge in [-0.15, -0.1) is 0 Å². The predicted molar refractivity (Wildman–Crippen MR) is 55.2 cm³/mol. The molecule has 2 rings (SSSR count). The number of carboxylic acids is 1. The van der Waals surface area contributed by atoms with Gasteiger partial charge in [-0.3, -0.25) is 9.89 Å². The Hall–Kier alpha value is -2.28. The standard InChI is InChI=1S/C11H8N2O2/c14-11(15)6-2-4-8-3-1-5-10-9(8)7-12-13-10/h1,3,5,7H,6H2,(H,12,13)(H,14,15). The Kier molecular flexibility index (Phi) is 2.38. The molecule has 0 radical (unpaired) electrons. The highest BCUT2D eigenvalue weighted by Gasteiger charge is 1.98. The van der Waals surface area contributed by atoms with Gasteiger partial charge in [0.1, 0.15) is 6.42 Å². The van der Waals surface area contributed by atoms with Crippen molar-refractivity contribution in [2.75, 3.05) is 0 Å². The van der Waals surface area contributed by atoms with Crippen LogP contribution in [0, 0.1) is 11.8 Å².